The average Bonchev–Trinajstić information content (AvgIpc) is 2.61. The zero-order valence-electron chi connectivity index (χ0n) is 12.7. The van der Waals surface area contributed by atoms with Crippen molar-refractivity contribution in [2.45, 2.75) is 32.4 Å². The first-order valence-corrected chi connectivity index (χ1v) is 7.77. The van der Waals surface area contributed by atoms with Crippen molar-refractivity contribution in [2.24, 2.45) is 0 Å². The Balaban J connectivity index is 2.23. The fourth-order valence-corrected chi connectivity index (χ4v) is 3.15. The number of rotatable bonds is 4. The number of nitrogens with one attached hydrogen (secondary N) is 1. The molecular formula is C15H25ClN4. The lowest BCUT2D eigenvalue weighted by Crippen LogP contribution is -2.40. The van der Waals surface area contributed by atoms with Gasteiger partial charge in [0.05, 0.1) is 5.02 Å². The summed E-state index contributed by atoms with van der Waals surface area (Å²) in [4.78, 5) is 9.41. The summed E-state index contributed by atoms with van der Waals surface area (Å²) in [6.07, 6.45) is 4.20. The minimum atomic E-state index is 0.489. The largest absolute Gasteiger partial charge is 0.351 e. The number of likely N-dealkylation sites (N-methyl/N-ethyl adjacent to an activating group) is 1. The molecule has 0 radical (unpaired) electrons. The number of pyridine rings is 1. The van der Waals surface area contributed by atoms with E-state index < -0.39 is 0 Å². The molecule has 5 heteroatoms. The van der Waals surface area contributed by atoms with Crippen LogP contribution in [0.5, 0.6) is 0 Å². The smallest absolute Gasteiger partial charge is 0.147 e. The van der Waals surface area contributed by atoms with E-state index in [9.17, 15) is 0 Å². The van der Waals surface area contributed by atoms with Crippen molar-refractivity contribution in [2.75, 3.05) is 38.6 Å². The molecule has 2 rings (SSSR count). The summed E-state index contributed by atoms with van der Waals surface area (Å²) in [5, 5.41) is 3.89. The van der Waals surface area contributed by atoms with Crippen LogP contribution in [0.3, 0.4) is 0 Å². The van der Waals surface area contributed by atoms with Gasteiger partial charge in [-0.05, 0) is 45.1 Å². The van der Waals surface area contributed by atoms with Crippen molar-refractivity contribution in [3.8, 4) is 0 Å². The third kappa shape index (κ3) is 3.62. The predicted molar refractivity (Wildman–Crippen MR) is 85.5 cm³/mol. The Hall–Kier alpha value is -0.840. The summed E-state index contributed by atoms with van der Waals surface area (Å²) in [7, 11) is 4.12. The average molecular weight is 297 g/mol. The van der Waals surface area contributed by atoms with Crippen LogP contribution in [0.15, 0.2) is 12.3 Å². The van der Waals surface area contributed by atoms with Crippen molar-refractivity contribution in [1.82, 2.24) is 15.2 Å². The van der Waals surface area contributed by atoms with E-state index in [1.54, 1.807) is 0 Å². The summed E-state index contributed by atoms with van der Waals surface area (Å²) < 4.78 is 0. The molecule has 1 atom stereocenters. The first-order chi connectivity index (χ1) is 9.65. The van der Waals surface area contributed by atoms with Crippen LogP contribution >= 0.6 is 11.6 Å². The molecule has 1 unspecified atom stereocenters. The Morgan fingerprint density at radius 1 is 1.45 bits per heavy atom. The molecule has 20 heavy (non-hydrogen) atoms. The SMILES string of the molecule is CCC1CN(C)CCCN1c1ncc(CNC)cc1Cl. The maximum absolute atomic E-state index is 6.46. The van der Waals surface area contributed by atoms with Crippen LogP contribution in [0, 0.1) is 0 Å². The molecule has 1 aromatic heterocycles. The molecule has 1 aliphatic heterocycles. The Bertz CT molecular complexity index is 438. The van der Waals surface area contributed by atoms with Gasteiger partial charge < -0.3 is 15.1 Å². The highest BCUT2D eigenvalue weighted by molar-refractivity contribution is 6.33. The van der Waals surface area contributed by atoms with Gasteiger partial charge in [0.2, 0.25) is 0 Å². The molecule has 112 valence electrons. The molecule has 1 aliphatic rings. The van der Waals surface area contributed by atoms with E-state index in [0.29, 0.717) is 6.04 Å². The number of halogens is 1. The summed E-state index contributed by atoms with van der Waals surface area (Å²) in [6, 6.07) is 2.52. The molecule has 0 bridgehead atoms. The zero-order valence-corrected chi connectivity index (χ0v) is 13.5. The van der Waals surface area contributed by atoms with Crippen molar-refractivity contribution in [3.63, 3.8) is 0 Å². The lowest BCUT2D eigenvalue weighted by molar-refractivity contribution is 0.327. The highest BCUT2D eigenvalue weighted by Crippen LogP contribution is 2.28. The van der Waals surface area contributed by atoms with Gasteiger partial charge in [-0.2, -0.15) is 0 Å². The first kappa shape index (κ1) is 15.5. The van der Waals surface area contributed by atoms with Crippen molar-refractivity contribution in [3.05, 3.63) is 22.8 Å². The van der Waals surface area contributed by atoms with E-state index in [1.807, 2.05) is 19.3 Å². The van der Waals surface area contributed by atoms with E-state index in [4.69, 9.17) is 11.6 Å². The molecule has 4 nitrogen and oxygen atoms in total. The lowest BCUT2D eigenvalue weighted by atomic mass is 10.1. The molecule has 0 amide bonds. The standard InChI is InChI=1S/C15H25ClN4/c1-4-13-11-19(3)6-5-7-20(13)15-14(16)8-12(9-17-2)10-18-15/h8,10,13,17H,4-7,9,11H2,1-3H3. The Labute approximate surface area is 127 Å². The third-order valence-corrected chi connectivity index (χ3v) is 4.18. The number of nitrogens with zero attached hydrogens (tertiary/aromatic N) is 3. The summed E-state index contributed by atoms with van der Waals surface area (Å²) >= 11 is 6.46. The molecule has 0 aliphatic carbocycles. The van der Waals surface area contributed by atoms with E-state index in [2.05, 4.69) is 34.1 Å². The summed E-state index contributed by atoms with van der Waals surface area (Å²) in [5.74, 6) is 0.939. The molecule has 0 aromatic carbocycles. The molecule has 2 heterocycles. The highest BCUT2D eigenvalue weighted by Gasteiger charge is 2.24. The van der Waals surface area contributed by atoms with Gasteiger partial charge in [0.15, 0.2) is 0 Å². The fourth-order valence-electron chi connectivity index (χ4n) is 2.85. The molecular weight excluding hydrogens is 272 g/mol. The van der Waals surface area contributed by atoms with E-state index in [-0.39, 0.29) is 0 Å². The summed E-state index contributed by atoms with van der Waals surface area (Å²) in [5.41, 5.74) is 1.13. The normalized spacial score (nSPS) is 21.0. The lowest BCUT2D eigenvalue weighted by Gasteiger charge is -2.32. The van der Waals surface area contributed by atoms with Crippen LogP contribution in [0.2, 0.25) is 5.02 Å². The highest BCUT2D eigenvalue weighted by atomic mass is 35.5. The topological polar surface area (TPSA) is 31.4 Å². The molecule has 0 saturated carbocycles. The molecule has 1 N–H and O–H groups in total. The second kappa shape index (κ2) is 7.25. The maximum atomic E-state index is 6.46. The molecule has 1 fully saturated rings. The quantitative estimate of drug-likeness (QED) is 0.924. The second-order valence-corrected chi connectivity index (χ2v) is 5.96. The Morgan fingerprint density at radius 3 is 2.90 bits per heavy atom. The first-order valence-electron chi connectivity index (χ1n) is 7.40. The van der Waals surface area contributed by atoms with Crippen LogP contribution in [0.25, 0.3) is 0 Å². The number of aromatic nitrogens is 1. The molecule has 0 spiro atoms. The minimum Gasteiger partial charge on any atom is -0.351 e. The van der Waals surface area contributed by atoms with Crippen molar-refractivity contribution < 1.29 is 0 Å². The zero-order chi connectivity index (χ0) is 14.5. The van der Waals surface area contributed by atoms with Gasteiger partial charge in [0.1, 0.15) is 5.82 Å². The number of hydrogen-bond donors (Lipinski definition) is 1. The van der Waals surface area contributed by atoms with Crippen LogP contribution in [0.4, 0.5) is 5.82 Å². The molecule has 1 aromatic rings. The minimum absolute atomic E-state index is 0.489. The van der Waals surface area contributed by atoms with Crippen LogP contribution in [-0.4, -0.2) is 49.7 Å². The fraction of sp³-hybridized carbons (Fsp3) is 0.667. The van der Waals surface area contributed by atoms with Crippen LogP contribution < -0.4 is 10.2 Å². The van der Waals surface area contributed by atoms with Gasteiger partial charge in [0.25, 0.3) is 0 Å². The summed E-state index contributed by atoms with van der Waals surface area (Å²) in [6.45, 7) is 6.28. The van der Waals surface area contributed by atoms with Crippen LogP contribution in [-0.2, 0) is 6.54 Å². The van der Waals surface area contributed by atoms with E-state index in [1.165, 1.54) is 0 Å². The monoisotopic (exact) mass is 296 g/mol. The Morgan fingerprint density at radius 2 is 2.25 bits per heavy atom. The Kier molecular flexibility index (Phi) is 5.64. The van der Waals surface area contributed by atoms with E-state index >= 15 is 0 Å². The van der Waals surface area contributed by atoms with Crippen molar-refractivity contribution >= 4 is 17.4 Å². The van der Waals surface area contributed by atoms with Gasteiger partial charge in [-0.1, -0.05) is 18.5 Å². The van der Waals surface area contributed by atoms with E-state index in [0.717, 1.165) is 55.4 Å². The van der Waals surface area contributed by atoms with Gasteiger partial charge >= 0.3 is 0 Å². The molecule has 1 saturated heterocycles. The predicted octanol–water partition coefficient (Wildman–Crippen LogP) is 2.37. The van der Waals surface area contributed by atoms with Gasteiger partial charge in [-0.25, -0.2) is 4.98 Å². The number of anilines is 1. The van der Waals surface area contributed by atoms with Gasteiger partial charge in [0, 0.05) is 31.9 Å². The van der Waals surface area contributed by atoms with Crippen molar-refractivity contribution in [1.29, 1.82) is 0 Å². The van der Waals surface area contributed by atoms with Gasteiger partial charge in [-0.15, -0.1) is 0 Å². The second-order valence-electron chi connectivity index (χ2n) is 5.55. The maximum Gasteiger partial charge on any atom is 0.147 e. The third-order valence-electron chi connectivity index (χ3n) is 3.90. The van der Waals surface area contributed by atoms with Gasteiger partial charge in [-0.3, -0.25) is 0 Å². The van der Waals surface area contributed by atoms with Crippen LogP contribution in [0.1, 0.15) is 25.3 Å². The number of hydrogen-bond acceptors (Lipinski definition) is 4.